The van der Waals surface area contributed by atoms with Crippen molar-refractivity contribution in [3.05, 3.63) is 24.3 Å². The van der Waals surface area contributed by atoms with Gasteiger partial charge >= 0.3 is 0 Å². The van der Waals surface area contributed by atoms with Crippen molar-refractivity contribution in [2.75, 3.05) is 31.7 Å². The quantitative estimate of drug-likeness (QED) is 0.824. The number of carbonyl (C=O) groups is 1. The Labute approximate surface area is 100 Å². The molecule has 0 radical (unpaired) electrons. The van der Waals surface area contributed by atoms with Crippen molar-refractivity contribution in [1.29, 1.82) is 0 Å². The lowest BCUT2D eigenvalue weighted by Crippen LogP contribution is -2.49. The summed E-state index contributed by atoms with van der Waals surface area (Å²) >= 11 is 0. The van der Waals surface area contributed by atoms with Crippen LogP contribution in [0.15, 0.2) is 24.3 Å². The van der Waals surface area contributed by atoms with Crippen molar-refractivity contribution in [2.24, 2.45) is 5.73 Å². The number of amides is 1. The molecule has 0 bridgehead atoms. The fourth-order valence-corrected chi connectivity index (χ4v) is 1.80. The Morgan fingerprint density at radius 2 is 2.41 bits per heavy atom. The van der Waals surface area contributed by atoms with Gasteiger partial charge in [-0.25, -0.2) is 0 Å². The van der Waals surface area contributed by atoms with E-state index in [1.807, 2.05) is 24.3 Å². The molecule has 0 aromatic heterocycles. The van der Waals surface area contributed by atoms with Crippen LogP contribution in [0.25, 0.3) is 0 Å². The van der Waals surface area contributed by atoms with Crippen LogP contribution in [0.5, 0.6) is 5.75 Å². The van der Waals surface area contributed by atoms with E-state index < -0.39 is 0 Å². The summed E-state index contributed by atoms with van der Waals surface area (Å²) in [6.07, 6.45) is -0.0982. The first-order valence-corrected chi connectivity index (χ1v) is 5.50. The number of hydrogen-bond acceptors (Lipinski definition) is 4. The second kappa shape index (κ2) is 5.16. The van der Waals surface area contributed by atoms with Gasteiger partial charge in [0.05, 0.1) is 19.8 Å². The third-order valence-electron chi connectivity index (χ3n) is 2.76. The smallest absolute Gasteiger partial charge is 0.253 e. The number of ether oxygens (including phenoxy) is 2. The van der Waals surface area contributed by atoms with E-state index in [1.54, 1.807) is 12.0 Å². The maximum atomic E-state index is 11.8. The number of hydrogen-bond donors (Lipinski definition) is 1. The molecular weight excluding hydrogens is 220 g/mol. The van der Waals surface area contributed by atoms with Crippen molar-refractivity contribution in [1.82, 2.24) is 0 Å². The maximum absolute atomic E-state index is 11.8. The Balaban J connectivity index is 2.21. The van der Waals surface area contributed by atoms with Gasteiger partial charge in [-0.2, -0.15) is 0 Å². The zero-order valence-electron chi connectivity index (χ0n) is 9.76. The number of nitrogens with zero attached hydrogens (tertiary/aromatic N) is 1. The summed E-state index contributed by atoms with van der Waals surface area (Å²) < 4.78 is 10.4. The molecule has 1 unspecified atom stereocenters. The second-order valence-electron chi connectivity index (χ2n) is 3.87. The Bertz CT molecular complexity index is 408. The molecule has 0 saturated carbocycles. The lowest BCUT2D eigenvalue weighted by atomic mass is 10.2. The summed E-state index contributed by atoms with van der Waals surface area (Å²) in [6.45, 7) is 0.981. The van der Waals surface area contributed by atoms with E-state index >= 15 is 0 Å². The first kappa shape index (κ1) is 11.9. The highest BCUT2D eigenvalue weighted by Gasteiger charge is 2.26. The zero-order valence-corrected chi connectivity index (χ0v) is 9.76. The van der Waals surface area contributed by atoms with E-state index in [2.05, 4.69) is 0 Å². The molecule has 0 aliphatic carbocycles. The third-order valence-corrected chi connectivity index (χ3v) is 2.76. The maximum Gasteiger partial charge on any atom is 0.253 e. The van der Waals surface area contributed by atoms with Gasteiger partial charge in [-0.05, 0) is 12.1 Å². The van der Waals surface area contributed by atoms with Crippen molar-refractivity contribution < 1.29 is 14.3 Å². The van der Waals surface area contributed by atoms with Crippen LogP contribution in [0.1, 0.15) is 0 Å². The lowest BCUT2D eigenvalue weighted by Gasteiger charge is -2.32. The molecule has 5 heteroatoms. The normalized spacial score (nSPS) is 20.5. The molecule has 2 rings (SSSR count). The minimum absolute atomic E-state index is 0.0528. The molecular formula is C12H16N2O3. The van der Waals surface area contributed by atoms with Crippen LogP contribution in [-0.4, -0.2) is 38.8 Å². The molecule has 1 aromatic carbocycles. The van der Waals surface area contributed by atoms with Crippen molar-refractivity contribution >= 4 is 11.6 Å². The molecule has 1 aliphatic rings. The van der Waals surface area contributed by atoms with Gasteiger partial charge in [0.25, 0.3) is 5.91 Å². The molecule has 1 saturated heterocycles. The Hall–Kier alpha value is -1.59. The van der Waals surface area contributed by atoms with Crippen LogP contribution in [0, 0.1) is 0 Å². The van der Waals surface area contributed by atoms with Crippen molar-refractivity contribution in [2.45, 2.75) is 6.10 Å². The predicted octanol–water partition coefficient (Wildman–Crippen LogP) is 0.386. The first-order valence-electron chi connectivity index (χ1n) is 5.50. The van der Waals surface area contributed by atoms with E-state index in [0.717, 1.165) is 11.4 Å². The SMILES string of the molecule is COc1cccc(N2CC(CN)OCC2=O)c1. The Kier molecular flexibility index (Phi) is 3.61. The lowest BCUT2D eigenvalue weighted by molar-refractivity contribution is -0.128. The van der Waals surface area contributed by atoms with E-state index in [1.165, 1.54) is 0 Å². The molecule has 1 amide bonds. The first-order chi connectivity index (χ1) is 8.24. The molecule has 1 aliphatic heterocycles. The molecule has 1 fully saturated rings. The summed E-state index contributed by atoms with van der Waals surface area (Å²) in [6, 6.07) is 7.40. The summed E-state index contributed by atoms with van der Waals surface area (Å²) in [7, 11) is 1.60. The summed E-state index contributed by atoms with van der Waals surface area (Å²) in [5, 5.41) is 0. The van der Waals surface area contributed by atoms with E-state index in [0.29, 0.717) is 13.1 Å². The number of anilines is 1. The Morgan fingerprint density at radius 3 is 3.12 bits per heavy atom. The Morgan fingerprint density at radius 1 is 1.59 bits per heavy atom. The summed E-state index contributed by atoms with van der Waals surface area (Å²) in [5.74, 6) is 0.675. The van der Waals surface area contributed by atoms with Gasteiger partial charge in [-0.15, -0.1) is 0 Å². The van der Waals surface area contributed by atoms with Gasteiger partial charge < -0.3 is 20.1 Å². The molecule has 1 aromatic rings. The summed E-state index contributed by atoms with van der Waals surface area (Å²) in [4.78, 5) is 13.5. The largest absolute Gasteiger partial charge is 0.497 e. The highest BCUT2D eigenvalue weighted by molar-refractivity contribution is 5.95. The number of benzene rings is 1. The van der Waals surface area contributed by atoms with Crippen LogP contribution in [0.2, 0.25) is 0 Å². The van der Waals surface area contributed by atoms with Gasteiger partial charge in [0, 0.05) is 18.3 Å². The number of carbonyl (C=O) groups excluding carboxylic acids is 1. The molecule has 92 valence electrons. The number of rotatable bonds is 3. The number of morpholine rings is 1. The van der Waals surface area contributed by atoms with Crippen molar-refractivity contribution in [3.8, 4) is 5.75 Å². The number of nitrogens with two attached hydrogens (primary N) is 1. The molecule has 17 heavy (non-hydrogen) atoms. The fourth-order valence-electron chi connectivity index (χ4n) is 1.80. The highest BCUT2D eigenvalue weighted by atomic mass is 16.5. The molecule has 2 N–H and O–H groups in total. The van der Waals surface area contributed by atoms with E-state index in [9.17, 15) is 4.79 Å². The van der Waals surface area contributed by atoms with E-state index in [4.69, 9.17) is 15.2 Å². The minimum atomic E-state index is -0.0982. The van der Waals surface area contributed by atoms with Gasteiger partial charge in [0.1, 0.15) is 12.4 Å². The van der Waals surface area contributed by atoms with Crippen LogP contribution < -0.4 is 15.4 Å². The standard InChI is InChI=1S/C12H16N2O3/c1-16-10-4-2-3-9(5-10)14-7-11(6-13)17-8-12(14)15/h2-5,11H,6-8,13H2,1H3. The minimum Gasteiger partial charge on any atom is -0.497 e. The van der Waals surface area contributed by atoms with Gasteiger partial charge in [0.2, 0.25) is 0 Å². The third kappa shape index (κ3) is 2.57. The predicted molar refractivity (Wildman–Crippen MR) is 64.1 cm³/mol. The average molecular weight is 236 g/mol. The fraction of sp³-hybridized carbons (Fsp3) is 0.417. The highest BCUT2D eigenvalue weighted by Crippen LogP contribution is 2.23. The van der Waals surface area contributed by atoms with Gasteiger partial charge in [0.15, 0.2) is 0 Å². The van der Waals surface area contributed by atoms with Crippen molar-refractivity contribution in [3.63, 3.8) is 0 Å². The summed E-state index contributed by atoms with van der Waals surface area (Å²) in [5.41, 5.74) is 6.37. The average Bonchev–Trinajstić information content (AvgIpc) is 2.39. The second-order valence-corrected chi connectivity index (χ2v) is 3.87. The van der Waals surface area contributed by atoms with Crippen LogP contribution in [0.4, 0.5) is 5.69 Å². The molecule has 1 atom stereocenters. The van der Waals surface area contributed by atoms with Crippen LogP contribution in [0.3, 0.4) is 0 Å². The van der Waals surface area contributed by atoms with Crippen LogP contribution in [-0.2, 0) is 9.53 Å². The number of methoxy groups -OCH3 is 1. The zero-order chi connectivity index (χ0) is 12.3. The molecule has 1 heterocycles. The van der Waals surface area contributed by atoms with Gasteiger partial charge in [-0.1, -0.05) is 6.07 Å². The molecule has 0 spiro atoms. The van der Waals surface area contributed by atoms with Crippen LogP contribution >= 0.6 is 0 Å². The monoisotopic (exact) mass is 236 g/mol. The molecule has 5 nitrogen and oxygen atoms in total. The van der Waals surface area contributed by atoms with E-state index in [-0.39, 0.29) is 18.6 Å². The topological polar surface area (TPSA) is 64.8 Å². The van der Waals surface area contributed by atoms with Gasteiger partial charge in [-0.3, -0.25) is 4.79 Å².